The molecule has 0 bridgehead atoms. The average molecular weight is 526 g/mol. The van der Waals surface area contributed by atoms with Crippen LogP contribution < -0.4 is 4.90 Å². The smallest absolute Gasteiger partial charge is 0.417 e. The molecule has 6 nitrogen and oxygen atoms in total. The van der Waals surface area contributed by atoms with Crippen LogP contribution in [-0.2, 0) is 9.53 Å². The molecule has 0 spiro atoms. The van der Waals surface area contributed by atoms with Crippen LogP contribution in [0.3, 0.4) is 0 Å². The summed E-state index contributed by atoms with van der Waals surface area (Å²) < 4.78 is 6.34. The minimum absolute atomic E-state index is 0.0831. The molecule has 0 saturated carbocycles. The van der Waals surface area contributed by atoms with Crippen molar-refractivity contribution in [3.63, 3.8) is 0 Å². The molecule has 2 atom stereocenters. The average Bonchev–Trinajstić information content (AvgIpc) is 2.88. The van der Waals surface area contributed by atoms with Gasteiger partial charge in [0.15, 0.2) is 10.7 Å². The lowest BCUT2D eigenvalue weighted by Gasteiger charge is -2.36. The first-order chi connectivity index (χ1) is 14.4. The fourth-order valence-electron chi connectivity index (χ4n) is 3.31. The van der Waals surface area contributed by atoms with E-state index in [1.54, 1.807) is 69.3 Å². The Hall–Kier alpha value is -2.00. The third-order valence-electron chi connectivity index (χ3n) is 4.86. The van der Waals surface area contributed by atoms with Crippen LogP contribution in [-0.4, -0.2) is 38.3 Å². The third-order valence-corrected chi connectivity index (χ3v) is 6.01. The van der Waals surface area contributed by atoms with Crippen molar-refractivity contribution < 1.29 is 19.4 Å². The fraction of sp³-hybridized carbons (Fsp3) is 0.318. The highest BCUT2D eigenvalue weighted by Crippen LogP contribution is 2.42. The number of hydrogen-bond donors (Lipinski definition) is 1. The van der Waals surface area contributed by atoms with Crippen LogP contribution in [0, 0.1) is 0 Å². The van der Waals surface area contributed by atoms with Crippen LogP contribution >= 0.6 is 39.7 Å². The quantitative estimate of drug-likeness (QED) is 0.539. The summed E-state index contributed by atoms with van der Waals surface area (Å²) in [4.78, 5) is 29.1. The number of ether oxygens (including phenoxy) is 1. The van der Waals surface area contributed by atoms with E-state index in [0.29, 0.717) is 16.3 Å². The maximum Gasteiger partial charge on any atom is 0.417 e. The van der Waals surface area contributed by atoms with Gasteiger partial charge in [-0.1, -0.05) is 39.7 Å². The lowest BCUT2D eigenvalue weighted by atomic mass is 9.88. The molecule has 0 aliphatic carbocycles. The summed E-state index contributed by atoms with van der Waals surface area (Å²) in [6, 6.07) is 13.3. The molecule has 1 fully saturated rings. The molecular formula is C22H22BrClN2O4S. The first-order valence-electron chi connectivity index (χ1n) is 9.47. The number of hydrogen-bond acceptors (Lipinski definition) is 5. The normalized spacial score (nSPS) is 20.2. The first kappa shape index (κ1) is 23.7. The van der Waals surface area contributed by atoms with Crippen LogP contribution in [0.5, 0.6) is 0 Å². The minimum Gasteiger partial charge on any atom is -0.443 e. The predicted octanol–water partition coefficient (Wildman–Crippen LogP) is 5.46. The van der Waals surface area contributed by atoms with Crippen LogP contribution in [0.15, 0.2) is 53.0 Å². The maximum absolute atomic E-state index is 13.7. The summed E-state index contributed by atoms with van der Waals surface area (Å²) >= 11 is 14.9. The Morgan fingerprint density at radius 2 is 1.71 bits per heavy atom. The summed E-state index contributed by atoms with van der Waals surface area (Å²) in [6.45, 7) is 6.62. The zero-order valence-electron chi connectivity index (χ0n) is 17.4. The van der Waals surface area contributed by atoms with Gasteiger partial charge in [0.1, 0.15) is 11.7 Å². The monoisotopic (exact) mass is 524 g/mol. The molecule has 164 valence electrons. The molecule has 2 aromatic rings. The zero-order chi connectivity index (χ0) is 23.1. The van der Waals surface area contributed by atoms with Crippen molar-refractivity contribution in [1.29, 1.82) is 0 Å². The van der Waals surface area contributed by atoms with Crippen molar-refractivity contribution in [2.45, 2.75) is 44.9 Å². The number of amides is 2. The molecule has 1 aliphatic heterocycles. The van der Waals surface area contributed by atoms with Gasteiger partial charge in [-0.05, 0) is 81.9 Å². The highest BCUT2D eigenvalue weighted by atomic mass is 79.9. The second kappa shape index (κ2) is 8.50. The number of thiocarbonyl (C=S) groups is 1. The molecule has 0 radical (unpaired) electrons. The van der Waals surface area contributed by atoms with Crippen LogP contribution in [0.1, 0.15) is 39.4 Å². The van der Waals surface area contributed by atoms with Crippen molar-refractivity contribution >= 4 is 62.5 Å². The van der Waals surface area contributed by atoms with Gasteiger partial charge in [-0.25, -0.2) is 9.69 Å². The van der Waals surface area contributed by atoms with Crippen molar-refractivity contribution in [3.05, 3.63) is 63.6 Å². The SMILES string of the molecule is CC(C)(C)OC(=O)N1C(=S)N(c2ccc(Cl)cc2)C(=O)[C@@]1(C)[C@@H](O)c1ccc(Br)cc1. The van der Waals surface area contributed by atoms with E-state index in [4.69, 9.17) is 28.6 Å². The molecule has 1 heterocycles. The number of benzene rings is 2. The number of carbonyl (C=O) groups excluding carboxylic acids is 2. The summed E-state index contributed by atoms with van der Waals surface area (Å²) in [7, 11) is 0. The van der Waals surface area contributed by atoms with E-state index < -0.39 is 29.2 Å². The summed E-state index contributed by atoms with van der Waals surface area (Å²) in [5, 5.41) is 11.7. The van der Waals surface area contributed by atoms with E-state index in [0.717, 1.165) is 9.37 Å². The number of anilines is 1. The molecule has 31 heavy (non-hydrogen) atoms. The molecule has 9 heteroatoms. The van der Waals surface area contributed by atoms with Gasteiger partial charge in [-0.3, -0.25) is 9.69 Å². The van der Waals surface area contributed by atoms with E-state index in [1.165, 1.54) is 11.8 Å². The Bertz CT molecular complexity index is 1020. The van der Waals surface area contributed by atoms with E-state index in [9.17, 15) is 14.7 Å². The second-order valence-electron chi connectivity index (χ2n) is 8.32. The van der Waals surface area contributed by atoms with Crippen molar-refractivity contribution in [2.75, 3.05) is 4.90 Å². The number of aliphatic hydroxyl groups is 1. The van der Waals surface area contributed by atoms with Gasteiger partial charge in [0.05, 0.1) is 5.69 Å². The van der Waals surface area contributed by atoms with Gasteiger partial charge in [0, 0.05) is 9.50 Å². The van der Waals surface area contributed by atoms with E-state index in [1.807, 2.05) is 0 Å². The highest BCUT2D eigenvalue weighted by Gasteiger charge is 2.60. The van der Waals surface area contributed by atoms with Gasteiger partial charge >= 0.3 is 6.09 Å². The molecule has 1 N–H and O–H groups in total. The molecule has 1 saturated heterocycles. The van der Waals surface area contributed by atoms with Crippen LogP contribution in [0.4, 0.5) is 10.5 Å². The topological polar surface area (TPSA) is 70.1 Å². The molecule has 3 rings (SSSR count). The van der Waals surface area contributed by atoms with Gasteiger partial charge in [-0.15, -0.1) is 0 Å². The van der Waals surface area contributed by atoms with Crippen LogP contribution in [0.25, 0.3) is 0 Å². The van der Waals surface area contributed by atoms with Crippen molar-refractivity contribution in [3.8, 4) is 0 Å². The van der Waals surface area contributed by atoms with Crippen LogP contribution in [0.2, 0.25) is 5.02 Å². The maximum atomic E-state index is 13.7. The minimum atomic E-state index is -1.73. The standard InChI is InChI=1S/C22H22BrClN2O4S/c1-21(2,3)30-20(29)26-19(31)25(16-11-9-15(24)10-12-16)18(28)22(26,4)17(27)13-5-7-14(23)8-6-13/h5-12,17,27H,1-4H3/t17-,22+/m0/s1. The Kier molecular flexibility index (Phi) is 6.49. The summed E-state index contributed by atoms with van der Waals surface area (Å²) in [6.07, 6.45) is -2.18. The van der Waals surface area contributed by atoms with E-state index in [2.05, 4.69) is 15.9 Å². The molecule has 0 aromatic heterocycles. The predicted molar refractivity (Wildman–Crippen MR) is 127 cm³/mol. The van der Waals surface area contributed by atoms with E-state index in [-0.39, 0.29) is 5.11 Å². The highest BCUT2D eigenvalue weighted by molar-refractivity contribution is 9.10. The number of aliphatic hydroxyl groups excluding tert-OH is 1. The Labute approximate surface area is 199 Å². The van der Waals surface area contributed by atoms with Gasteiger partial charge < -0.3 is 9.84 Å². The number of carbonyl (C=O) groups is 2. The Balaban J connectivity index is 2.12. The second-order valence-corrected chi connectivity index (χ2v) is 10.0. The van der Waals surface area contributed by atoms with Gasteiger partial charge in [0.25, 0.3) is 5.91 Å². The van der Waals surface area contributed by atoms with Gasteiger partial charge in [0.2, 0.25) is 0 Å². The number of halogens is 2. The lowest BCUT2D eigenvalue weighted by molar-refractivity contribution is -0.130. The Morgan fingerprint density at radius 1 is 1.16 bits per heavy atom. The number of rotatable bonds is 3. The molecule has 1 aliphatic rings. The molecule has 2 amide bonds. The van der Waals surface area contributed by atoms with Crippen molar-refractivity contribution in [2.24, 2.45) is 0 Å². The summed E-state index contributed by atoms with van der Waals surface area (Å²) in [5.74, 6) is -0.555. The summed E-state index contributed by atoms with van der Waals surface area (Å²) in [5.41, 5.74) is -1.67. The largest absolute Gasteiger partial charge is 0.443 e. The molecular weight excluding hydrogens is 504 g/mol. The van der Waals surface area contributed by atoms with Gasteiger partial charge in [-0.2, -0.15) is 0 Å². The molecule has 2 aromatic carbocycles. The third kappa shape index (κ3) is 4.48. The molecule has 0 unspecified atom stereocenters. The lowest BCUT2D eigenvalue weighted by Crippen LogP contribution is -2.55. The van der Waals surface area contributed by atoms with E-state index >= 15 is 0 Å². The number of nitrogens with zero attached hydrogens (tertiary/aromatic N) is 2. The first-order valence-corrected chi connectivity index (χ1v) is 11.0. The van der Waals surface area contributed by atoms with Crippen molar-refractivity contribution in [1.82, 2.24) is 4.90 Å². The fourth-order valence-corrected chi connectivity index (χ4v) is 4.15. The Morgan fingerprint density at radius 3 is 2.23 bits per heavy atom. The zero-order valence-corrected chi connectivity index (χ0v) is 20.6.